The normalized spacial score (nSPS) is 17.7. The lowest BCUT2D eigenvalue weighted by Gasteiger charge is -2.22. The largest absolute Gasteiger partial charge is 0.481 e. The summed E-state index contributed by atoms with van der Waals surface area (Å²) in [6, 6.07) is 8.00. The van der Waals surface area contributed by atoms with Crippen molar-refractivity contribution in [1.82, 2.24) is 0 Å². The summed E-state index contributed by atoms with van der Waals surface area (Å²) in [5.74, 6) is -1.33. The second-order valence-electron chi connectivity index (χ2n) is 5.06. The van der Waals surface area contributed by atoms with E-state index in [1.54, 1.807) is 25.1 Å². The molecule has 1 atom stereocenters. The fourth-order valence-electron chi connectivity index (χ4n) is 2.41. The molecule has 0 aliphatic carbocycles. The van der Waals surface area contributed by atoms with Crippen LogP contribution in [0.25, 0.3) is 0 Å². The van der Waals surface area contributed by atoms with Crippen molar-refractivity contribution in [2.45, 2.75) is 19.6 Å². The summed E-state index contributed by atoms with van der Waals surface area (Å²) in [7, 11) is 0. The lowest BCUT2D eigenvalue weighted by Crippen LogP contribution is -2.38. The van der Waals surface area contributed by atoms with Gasteiger partial charge >= 0.3 is 0 Å². The van der Waals surface area contributed by atoms with Crippen LogP contribution in [0.1, 0.15) is 12.5 Å². The Morgan fingerprint density at radius 3 is 2.55 bits per heavy atom. The number of carbonyl (C=O) groups is 1. The van der Waals surface area contributed by atoms with Crippen LogP contribution in [0.3, 0.4) is 0 Å². The third-order valence-electron chi connectivity index (χ3n) is 3.43. The molecule has 0 saturated carbocycles. The lowest BCUT2D eigenvalue weighted by molar-refractivity contribution is -0.124. The maximum absolute atomic E-state index is 13.4. The minimum atomic E-state index is -0.770. The maximum Gasteiger partial charge on any atom is 0.268 e. The van der Waals surface area contributed by atoms with Gasteiger partial charge in [-0.15, -0.1) is 0 Å². The van der Waals surface area contributed by atoms with Gasteiger partial charge in [0.25, 0.3) is 5.91 Å². The summed E-state index contributed by atoms with van der Waals surface area (Å²) in [4.78, 5) is 13.7. The highest BCUT2D eigenvalue weighted by Gasteiger charge is 2.29. The zero-order chi connectivity index (χ0) is 15.9. The maximum atomic E-state index is 13.4. The predicted octanol–water partition coefficient (Wildman–Crippen LogP) is 3.93. The van der Waals surface area contributed by atoms with Crippen molar-refractivity contribution >= 4 is 23.2 Å². The van der Waals surface area contributed by atoms with Crippen molar-refractivity contribution < 1.29 is 18.3 Å². The van der Waals surface area contributed by atoms with Crippen molar-refractivity contribution in [1.29, 1.82) is 0 Å². The van der Waals surface area contributed by atoms with Crippen molar-refractivity contribution in [2.24, 2.45) is 0 Å². The highest BCUT2D eigenvalue weighted by Crippen LogP contribution is 2.31. The topological polar surface area (TPSA) is 29.5 Å². The highest BCUT2D eigenvalue weighted by atomic mass is 35.5. The fraction of sp³-hybridized carbons (Fsp3) is 0.188. The van der Waals surface area contributed by atoms with Crippen LogP contribution in [0.2, 0.25) is 5.02 Å². The summed E-state index contributed by atoms with van der Waals surface area (Å²) >= 11 is 5.97. The van der Waals surface area contributed by atoms with E-state index in [-0.39, 0.29) is 18.1 Å². The first-order valence-corrected chi connectivity index (χ1v) is 7.04. The van der Waals surface area contributed by atoms with E-state index in [0.717, 1.165) is 18.2 Å². The monoisotopic (exact) mass is 323 g/mol. The minimum Gasteiger partial charge on any atom is -0.481 e. The van der Waals surface area contributed by atoms with Gasteiger partial charge in [0, 0.05) is 22.3 Å². The van der Waals surface area contributed by atoms with E-state index in [2.05, 4.69) is 0 Å². The van der Waals surface area contributed by atoms with E-state index in [1.807, 2.05) is 0 Å². The lowest BCUT2D eigenvalue weighted by atomic mass is 10.1. The molecule has 1 aliphatic rings. The van der Waals surface area contributed by atoms with Crippen LogP contribution in [0.5, 0.6) is 5.75 Å². The molecule has 6 heteroatoms. The number of ether oxygens (including phenoxy) is 1. The molecule has 0 bridgehead atoms. The van der Waals surface area contributed by atoms with Crippen LogP contribution < -0.4 is 9.64 Å². The summed E-state index contributed by atoms with van der Waals surface area (Å²) < 4.78 is 32.5. The summed E-state index contributed by atoms with van der Waals surface area (Å²) in [5, 5.41) is 0.495. The Hall–Kier alpha value is -2.14. The molecule has 1 aliphatic heterocycles. The first-order valence-electron chi connectivity index (χ1n) is 6.66. The number of hydrogen-bond acceptors (Lipinski definition) is 2. The first-order chi connectivity index (χ1) is 10.4. The van der Waals surface area contributed by atoms with Gasteiger partial charge in [-0.25, -0.2) is 8.78 Å². The van der Waals surface area contributed by atoms with Gasteiger partial charge in [-0.1, -0.05) is 11.6 Å². The molecule has 3 nitrogen and oxygen atoms in total. The minimum absolute atomic E-state index is 0.127. The number of carbonyl (C=O) groups excluding carboxylic acids is 1. The van der Waals surface area contributed by atoms with E-state index in [0.29, 0.717) is 16.3 Å². The van der Waals surface area contributed by atoms with Gasteiger partial charge in [0.2, 0.25) is 0 Å². The Morgan fingerprint density at radius 1 is 1.18 bits per heavy atom. The first kappa shape index (κ1) is 14.8. The number of hydrogen-bond donors (Lipinski definition) is 0. The highest BCUT2D eigenvalue weighted by molar-refractivity contribution is 6.30. The summed E-state index contributed by atoms with van der Waals surface area (Å²) in [6.07, 6.45) is -0.770. The van der Waals surface area contributed by atoms with Gasteiger partial charge in [-0.2, -0.15) is 0 Å². The van der Waals surface area contributed by atoms with Crippen LogP contribution >= 0.6 is 11.6 Å². The molecule has 0 saturated heterocycles. The molecular formula is C16H12ClF2NO2. The van der Waals surface area contributed by atoms with Crippen LogP contribution in [0, 0.1) is 11.6 Å². The molecule has 0 N–H and O–H groups in total. The van der Waals surface area contributed by atoms with Crippen molar-refractivity contribution in [3.8, 4) is 5.75 Å². The molecule has 0 radical (unpaired) electrons. The van der Waals surface area contributed by atoms with Crippen molar-refractivity contribution in [3.05, 3.63) is 58.6 Å². The van der Waals surface area contributed by atoms with Gasteiger partial charge in [-0.3, -0.25) is 4.79 Å². The van der Waals surface area contributed by atoms with Crippen molar-refractivity contribution in [3.63, 3.8) is 0 Å². The molecule has 22 heavy (non-hydrogen) atoms. The smallest absolute Gasteiger partial charge is 0.268 e. The van der Waals surface area contributed by atoms with Crippen LogP contribution in [0.4, 0.5) is 14.5 Å². The Kier molecular flexibility index (Phi) is 3.74. The van der Waals surface area contributed by atoms with Crippen LogP contribution in [0.15, 0.2) is 36.4 Å². The summed E-state index contributed by atoms with van der Waals surface area (Å²) in [6.45, 7) is 1.72. The van der Waals surface area contributed by atoms with E-state index in [4.69, 9.17) is 16.3 Å². The molecule has 1 heterocycles. The zero-order valence-corrected chi connectivity index (χ0v) is 12.4. The second-order valence-corrected chi connectivity index (χ2v) is 5.50. The summed E-state index contributed by atoms with van der Waals surface area (Å²) in [5.41, 5.74) is 0.820. The van der Waals surface area contributed by atoms with Crippen molar-refractivity contribution in [2.75, 3.05) is 4.90 Å². The fourth-order valence-corrected chi connectivity index (χ4v) is 2.60. The average molecular weight is 324 g/mol. The quantitative estimate of drug-likeness (QED) is 0.795. The van der Waals surface area contributed by atoms with E-state index in [1.165, 1.54) is 4.90 Å². The number of halogens is 3. The predicted molar refractivity (Wildman–Crippen MR) is 79.1 cm³/mol. The van der Waals surface area contributed by atoms with E-state index < -0.39 is 17.7 Å². The zero-order valence-electron chi connectivity index (χ0n) is 11.6. The number of rotatable bonds is 1. The number of fused-ring (bicyclic) bond motifs is 1. The Balaban J connectivity index is 2.08. The molecule has 0 spiro atoms. The number of amides is 1. The molecule has 2 aromatic carbocycles. The SMILES string of the molecule is C[C@@H]1Oc2ccc(Cl)cc2CN(c2cc(F)cc(F)c2)C1=O. The molecule has 0 aromatic heterocycles. The third-order valence-corrected chi connectivity index (χ3v) is 3.66. The molecule has 0 fully saturated rings. The second kappa shape index (κ2) is 5.57. The molecule has 0 unspecified atom stereocenters. The van der Waals surface area contributed by atoms with Crippen LogP contribution in [-0.2, 0) is 11.3 Å². The number of benzene rings is 2. The van der Waals surface area contributed by atoms with E-state index >= 15 is 0 Å². The Labute approximate surface area is 131 Å². The van der Waals surface area contributed by atoms with Gasteiger partial charge in [0.1, 0.15) is 17.4 Å². The van der Waals surface area contributed by atoms with Gasteiger partial charge in [0.15, 0.2) is 6.10 Å². The third kappa shape index (κ3) is 2.76. The van der Waals surface area contributed by atoms with Gasteiger partial charge < -0.3 is 9.64 Å². The van der Waals surface area contributed by atoms with Gasteiger partial charge in [0.05, 0.1) is 6.54 Å². The van der Waals surface area contributed by atoms with Gasteiger partial charge in [-0.05, 0) is 37.3 Å². The molecule has 114 valence electrons. The van der Waals surface area contributed by atoms with E-state index in [9.17, 15) is 13.6 Å². The molecule has 2 aromatic rings. The molecule has 3 rings (SSSR count). The average Bonchev–Trinajstić information content (AvgIpc) is 2.56. The van der Waals surface area contributed by atoms with Crippen LogP contribution in [-0.4, -0.2) is 12.0 Å². The molecule has 1 amide bonds. The standard InChI is InChI=1S/C16H12ClF2NO2/c1-9-16(21)20(14-6-12(18)5-13(19)7-14)8-10-4-11(17)2-3-15(10)22-9/h2-7,9H,8H2,1H3/t9-/m0/s1. The Bertz CT molecular complexity index is 731. The Morgan fingerprint density at radius 2 is 1.86 bits per heavy atom. The molecular weight excluding hydrogens is 312 g/mol. The number of nitrogens with zero attached hydrogens (tertiary/aromatic N) is 1. The number of anilines is 1.